The molecule has 2 rings (SSSR count). The Labute approximate surface area is 96.7 Å². The minimum absolute atomic E-state index is 0.0404. The first-order valence-electron chi connectivity index (χ1n) is 4.88. The Balaban J connectivity index is 2.40. The number of carboxylic acids is 1. The van der Waals surface area contributed by atoms with Crippen molar-refractivity contribution in [3.8, 4) is 0 Å². The van der Waals surface area contributed by atoms with Crippen molar-refractivity contribution in [2.75, 3.05) is 0 Å². The first-order chi connectivity index (χ1) is 8.09. The zero-order valence-electron chi connectivity index (χ0n) is 9.01. The van der Waals surface area contributed by atoms with Crippen LogP contribution in [0.5, 0.6) is 0 Å². The molecule has 1 heterocycles. The molecule has 1 N–H and O–H groups in total. The van der Waals surface area contributed by atoms with E-state index in [1.54, 1.807) is 24.3 Å². The van der Waals surface area contributed by atoms with E-state index in [2.05, 4.69) is 9.68 Å². The van der Waals surface area contributed by atoms with Crippen LogP contribution in [-0.2, 0) is 0 Å². The second-order valence-electron chi connectivity index (χ2n) is 3.58. The van der Waals surface area contributed by atoms with Gasteiger partial charge >= 0.3 is 5.97 Å². The molecule has 17 heavy (non-hydrogen) atoms. The molecule has 0 aliphatic carbocycles. The summed E-state index contributed by atoms with van der Waals surface area (Å²) in [6.45, 7) is 1.90. The Morgan fingerprint density at radius 1 is 1.24 bits per heavy atom. The van der Waals surface area contributed by atoms with E-state index in [1.165, 1.54) is 0 Å². The van der Waals surface area contributed by atoms with Crippen molar-refractivity contribution < 1.29 is 19.2 Å². The zero-order valence-corrected chi connectivity index (χ0v) is 9.01. The third kappa shape index (κ3) is 2.08. The second-order valence-corrected chi connectivity index (χ2v) is 3.58. The van der Waals surface area contributed by atoms with Crippen molar-refractivity contribution in [1.82, 2.24) is 5.16 Å². The molecule has 0 radical (unpaired) electrons. The number of ketones is 1. The maximum Gasteiger partial charge on any atom is 0.358 e. The average molecular weight is 231 g/mol. The molecule has 0 saturated heterocycles. The number of hydrogen-bond donors (Lipinski definition) is 1. The lowest BCUT2D eigenvalue weighted by atomic mass is 10.0. The number of nitrogens with zero attached hydrogens (tertiary/aromatic N) is 1. The molecule has 1 aromatic heterocycles. The molecule has 0 bridgehead atoms. The fraction of sp³-hybridized carbons (Fsp3) is 0.0833. The third-order valence-corrected chi connectivity index (χ3v) is 2.33. The molecule has 0 aliphatic rings. The van der Waals surface area contributed by atoms with Crippen LogP contribution in [0.3, 0.4) is 0 Å². The van der Waals surface area contributed by atoms with Crippen LogP contribution in [0.4, 0.5) is 0 Å². The van der Waals surface area contributed by atoms with Crippen molar-refractivity contribution in [3.63, 3.8) is 0 Å². The molecule has 0 saturated carbocycles. The summed E-state index contributed by atoms with van der Waals surface area (Å²) in [6.07, 6.45) is 1.05. The zero-order chi connectivity index (χ0) is 12.4. The highest BCUT2D eigenvalue weighted by molar-refractivity contribution is 6.13. The molecule has 0 unspecified atom stereocenters. The molecule has 2 aromatic rings. The Morgan fingerprint density at radius 2 is 1.88 bits per heavy atom. The van der Waals surface area contributed by atoms with Gasteiger partial charge in [-0.05, 0) is 6.92 Å². The molecule has 1 aromatic carbocycles. The molecule has 86 valence electrons. The summed E-state index contributed by atoms with van der Waals surface area (Å²) in [4.78, 5) is 22.8. The second kappa shape index (κ2) is 4.21. The van der Waals surface area contributed by atoms with Gasteiger partial charge in [0.1, 0.15) is 6.26 Å². The largest absolute Gasteiger partial charge is 0.476 e. The molecule has 5 nitrogen and oxygen atoms in total. The highest BCUT2D eigenvalue weighted by Gasteiger charge is 2.22. The Morgan fingerprint density at radius 3 is 2.47 bits per heavy atom. The number of aromatic nitrogens is 1. The van der Waals surface area contributed by atoms with Gasteiger partial charge in [-0.25, -0.2) is 4.79 Å². The Kier molecular flexibility index (Phi) is 2.74. The number of aryl methyl sites for hydroxylation is 1. The van der Waals surface area contributed by atoms with Gasteiger partial charge in [0.05, 0.1) is 5.56 Å². The molecule has 5 heteroatoms. The molecular formula is C12H9NO4. The quantitative estimate of drug-likeness (QED) is 0.816. The van der Waals surface area contributed by atoms with E-state index >= 15 is 0 Å². The van der Waals surface area contributed by atoms with Crippen molar-refractivity contribution in [2.45, 2.75) is 6.92 Å². The smallest absolute Gasteiger partial charge is 0.358 e. The summed E-state index contributed by atoms with van der Waals surface area (Å²) in [6, 6.07) is 6.83. The summed E-state index contributed by atoms with van der Waals surface area (Å²) in [7, 11) is 0. The number of benzene rings is 1. The summed E-state index contributed by atoms with van der Waals surface area (Å²) in [5, 5.41) is 12.1. The lowest BCUT2D eigenvalue weighted by molar-refractivity contribution is 0.0682. The van der Waals surface area contributed by atoms with E-state index in [9.17, 15) is 9.59 Å². The first-order valence-corrected chi connectivity index (χ1v) is 4.88. The van der Waals surface area contributed by atoms with Gasteiger partial charge in [-0.15, -0.1) is 0 Å². The van der Waals surface area contributed by atoms with E-state index < -0.39 is 11.8 Å². The minimum Gasteiger partial charge on any atom is -0.476 e. The monoisotopic (exact) mass is 231 g/mol. The SMILES string of the molecule is Cc1ccc(C(=O)c2conc2C(=O)O)cc1. The fourth-order valence-corrected chi connectivity index (χ4v) is 1.41. The van der Waals surface area contributed by atoms with Gasteiger partial charge in [-0.3, -0.25) is 4.79 Å². The number of carbonyl (C=O) groups is 2. The normalized spacial score (nSPS) is 10.2. The third-order valence-electron chi connectivity index (χ3n) is 2.33. The highest BCUT2D eigenvalue weighted by atomic mass is 16.5. The maximum absolute atomic E-state index is 12.0. The van der Waals surface area contributed by atoms with E-state index in [0.29, 0.717) is 5.56 Å². The van der Waals surface area contributed by atoms with Gasteiger partial charge in [0, 0.05) is 5.56 Å². The predicted molar refractivity (Wildman–Crippen MR) is 58.1 cm³/mol. The van der Waals surface area contributed by atoms with Crippen LogP contribution >= 0.6 is 0 Å². The number of rotatable bonds is 3. The van der Waals surface area contributed by atoms with Gasteiger partial charge in [-0.2, -0.15) is 0 Å². The summed E-state index contributed by atoms with van der Waals surface area (Å²) >= 11 is 0. The topological polar surface area (TPSA) is 80.4 Å². The van der Waals surface area contributed by atoms with Crippen LogP contribution in [0.15, 0.2) is 35.1 Å². The van der Waals surface area contributed by atoms with Crippen molar-refractivity contribution >= 4 is 11.8 Å². The summed E-state index contributed by atoms with van der Waals surface area (Å²) in [5.74, 6) is -1.70. The molecule has 0 amide bonds. The number of carboxylic acid groups (broad SMARTS) is 1. The fourth-order valence-electron chi connectivity index (χ4n) is 1.41. The van der Waals surface area contributed by atoms with E-state index in [-0.39, 0.29) is 11.3 Å². The summed E-state index contributed by atoms with van der Waals surface area (Å²) in [5.41, 5.74) is 1.02. The standard InChI is InChI=1S/C12H9NO4/c1-7-2-4-8(5-3-7)11(14)9-6-17-13-10(9)12(15)16/h2-6H,1H3,(H,15,16). The Hall–Kier alpha value is -2.43. The average Bonchev–Trinajstić information content (AvgIpc) is 2.78. The van der Waals surface area contributed by atoms with Crippen LogP contribution in [0, 0.1) is 6.92 Å². The highest BCUT2D eigenvalue weighted by Crippen LogP contribution is 2.14. The van der Waals surface area contributed by atoms with Crippen molar-refractivity contribution in [3.05, 3.63) is 52.9 Å². The van der Waals surface area contributed by atoms with Crippen LogP contribution in [0.1, 0.15) is 32.0 Å². The van der Waals surface area contributed by atoms with E-state index in [4.69, 9.17) is 5.11 Å². The Bertz CT molecular complexity index is 568. The van der Waals surface area contributed by atoms with Gasteiger partial charge in [0.2, 0.25) is 5.69 Å². The maximum atomic E-state index is 12.0. The summed E-state index contributed by atoms with van der Waals surface area (Å²) < 4.78 is 4.52. The number of carbonyl (C=O) groups excluding carboxylic acids is 1. The van der Waals surface area contributed by atoms with Crippen LogP contribution in [-0.4, -0.2) is 22.0 Å². The van der Waals surface area contributed by atoms with Crippen LogP contribution < -0.4 is 0 Å². The van der Waals surface area contributed by atoms with Crippen molar-refractivity contribution in [2.24, 2.45) is 0 Å². The predicted octanol–water partition coefficient (Wildman–Crippen LogP) is 1.91. The van der Waals surface area contributed by atoms with Crippen LogP contribution in [0.25, 0.3) is 0 Å². The van der Waals surface area contributed by atoms with Gasteiger partial charge in [0.15, 0.2) is 5.78 Å². The minimum atomic E-state index is -1.28. The van der Waals surface area contributed by atoms with Crippen LogP contribution in [0.2, 0.25) is 0 Å². The van der Waals surface area contributed by atoms with E-state index in [0.717, 1.165) is 11.8 Å². The van der Waals surface area contributed by atoms with E-state index in [1.807, 2.05) is 6.92 Å². The molecular weight excluding hydrogens is 222 g/mol. The molecule has 0 spiro atoms. The first kappa shape index (κ1) is 11.1. The lowest BCUT2D eigenvalue weighted by Gasteiger charge is -1.99. The molecule has 0 fully saturated rings. The lowest BCUT2D eigenvalue weighted by Crippen LogP contribution is -2.08. The number of aromatic carboxylic acids is 1. The van der Waals surface area contributed by atoms with Crippen molar-refractivity contribution in [1.29, 1.82) is 0 Å². The van der Waals surface area contributed by atoms with Gasteiger partial charge in [-0.1, -0.05) is 35.0 Å². The molecule has 0 aliphatic heterocycles. The molecule has 0 atom stereocenters. The number of hydrogen-bond acceptors (Lipinski definition) is 4. The van der Waals surface area contributed by atoms with Gasteiger partial charge in [0.25, 0.3) is 0 Å². The van der Waals surface area contributed by atoms with Gasteiger partial charge < -0.3 is 9.63 Å².